The van der Waals surface area contributed by atoms with Gasteiger partial charge in [-0.15, -0.1) is 0 Å². The summed E-state index contributed by atoms with van der Waals surface area (Å²) in [6.45, 7) is 0. The van der Waals surface area contributed by atoms with Crippen molar-refractivity contribution in [3.63, 3.8) is 0 Å². The van der Waals surface area contributed by atoms with Crippen LogP contribution in [0.1, 0.15) is 0 Å². The Bertz CT molecular complexity index is 494. The van der Waals surface area contributed by atoms with Crippen LogP contribution in [0.5, 0.6) is 0 Å². The van der Waals surface area contributed by atoms with Gasteiger partial charge in [0.1, 0.15) is 0 Å². The predicted octanol–water partition coefficient (Wildman–Crippen LogP) is 3.60. The van der Waals surface area contributed by atoms with E-state index < -0.39 is 0 Å². The molecule has 70 valence electrons. The van der Waals surface area contributed by atoms with Crippen molar-refractivity contribution in [2.24, 2.45) is 10.2 Å². The third-order valence-corrected chi connectivity index (χ3v) is 2.12. The Morgan fingerprint density at radius 1 is 1.29 bits per heavy atom. The summed E-state index contributed by atoms with van der Waals surface area (Å²) in [6.07, 6.45) is 1.70. The van der Waals surface area contributed by atoms with E-state index in [2.05, 4.69) is 15.2 Å². The van der Waals surface area contributed by atoms with Gasteiger partial charge in [0.15, 0.2) is 0 Å². The lowest BCUT2D eigenvalue weighted by molar-refractivity contribution is 1.17. The highest BCUT2D eigenvalue weighted by Crippen LogP contribution is 2.26. The van der Waals surface area contributed by atoms with Gasteiger partial charge in [-0.25, -0.2) is 0 Å². The standard InChI is InChI=1S/C10H8ClN3/c1-12-14-9-4-5-13-10-6-7(11)2-3-8(9)10/h2-6H,1H3. The maximum absolute atomic E-state index is 5.85. The van der Waals surface area contributed by atoms with Crippen LogP contribution in [0.25, 0.3) is 10.9 Å². The van der Waals surface area contributed by atoms with Crippen LogP contribution in [-0.4, -0.2) is 12.0 Å². The minimum absolute atomic E-state index is 0.676. The Labute approximate surface area is 86.4 Å². The van der Waals surface area contributed by atoms with Gasteiger partial charge >= 0.3 is 0 Å². The van der Waals surface area contributed by atoms with E-state index in [1.54, 1.807) is 13.2 Å². The molecule has 0 aliphatic heterocycles. The zero-order chi connectivity index (χ0) is 9.97. The third-order valence-electron chi connectivity index (χ3n) is 1.89. The molecule has 3 nitrogen and oxygen atoms in total. The molecule has 0 amide bonds. The molecule has 0 aliphatic rings. The summed E-state index contributed by atoms with van der Waals surface area (Å²) >= 11 is 5.85. The van der Waals surface area contributed by atoms with Crippen LogP contribution in [0.15, 0.2) is 40.7 Å². The van der Waals surface area contributed by atoms with E-state index in [1.807, 2.05) is 24.3 Å². The molecular formula is C10H8ClN3. The smallest absolute Gasteiger partial charge is 0.0961 e. The van der Waals surface area contributed by atoms with Crippen molar-refractivity contribution >= 4 is 28.2 Å². The zero-order valence-corrected chi connectivity index (χ0v) is 8.36. The minimum atomic E-state index is 0.676. The maximum atomic E-state index is 5.85. The molecule has 1 aromatic carbocycles. The molecule has 0 atom stereocenters. The van der Waals surface area contributed by atoms with E-state index in [0.29, 0.717) is 5.02 Å². The molecule has 0 saturated carbocycles. The molecule has 2 aromatic rings. The first-order valence-corrected chi connectivity index (χ1v) is 4.53. The van der Waals surface area contributed by atoms with Gasteiger partial charge in [-0.3, -0.25) is 4.98 Å². The molecule has 14 heavy (non-hydrogen) atoms. The number of rotatable bonds is 1. The SMILES string of the molecule is CN=Nc1ccnc2cc(Cl)ccc12. The molecule has 0 unspecified atom stereocenters. The first-order valence-electron chi connectivity index (χ1n) is 4.15. The highest BCUT2D eigenvalue weighted by molar-refractivity contribution is 6.31. The third kappa shape index (κ3) is 1.59. The molecule has 1 aromatic heterocycles. The topological polar surface area (TPSA) is 37.6 Å². The molecule has 0 saturated heterocycles. The molecule has 0 spiro atoms. The average Bonchev–Trinajstić information content (AvgIpc) is 2.18. The van der Waals surface area contributed by atoms with Crippen molar-refractivity contribution in [2.45, 2.75) is 0 Å². The summed E-state index contributed by atoms with van der Waals surface area (Å²) in [5.41, 5.74) is 1.65. The summed E-state index contributed by atoms with van der Waals surface area (Å²) in [5.74, 6) is 0. The van der Waals surface area contributed by atoms with Crippen molar-refractivity contribution in [1.82, 2.24) is 4.98 Å². The first-order chi connectivity index (χ1) is 6.81. The fraction of sp³-hybridized carbons (Fsp3) is 0.100. The van der Waals surface area contributed by atoms with Gasteiger partial charge in [-0.05, 0) is 24.3 Å². The van der Waals surface area contributed by atoms with Crippen LogP contribution >= 0.6 is 11.6 Å². The second-order valence-corrected chi connectivity index (χ2v) is 3.23. The van der Waals surface area contributed by atoms with Crippen LogP contribution in [0, 0.1) is 0 Å². The summed E-state index contributed by atoms with van der Waals surface area (Å²) in [6, 6.07) is 7.35. The van der Waals surface area contributed by atoms with E-state index in [1.165, 1.54) is 0 Å². The number of benzene rings is 1. The average molecular weight is 206 g/mol. The monoisotopic (exact) mass is 205 g/mol. The Morgan fingerprint density at radius 2 is 2.14 bits per heavy atom. The number of pyridine rings is 1. The van der Waals surface area contributed by atoms with Gasteiger partial charge in [0, 0.05) is 23.7 Å². The summed E-state index contributed by atoms with van der Waals surface area (Å²) < 4.78 is 0. The molecule has 0 N–H and O–H groups in total. The highest BCUT2D eigenvalue weighted by atomic mass is 35.5. The van der Waals surface area contributed by atoms with E-state index in [4.69, 9.17) is 11.6 Å². The van der Waals surface area contributed by atoms with Gasteiger partial charge in [0.05, 0.1) is 11.2 Å². The summed E-state index contributed by atoms with van der Waals surface area (Å²) in [4.78, 5) is 4.20. The number of fused-ring (bicyclic) bond motifs is 1. The van der Waals surface area contributed by atoms with Gasteiger partial charge in [0.25, 0.3) is 0 Å². The first kappa shape index (κ1) is 9.09. The zero-order valence-electron chi connectivity index (χ0n) is 7.61. The Morgan fingerprint density at radius 3 is 2.93 bits per heavy atom. The Kier molecular flexibility index (Phi) is 2.41. The molecule has 2 rings (SSSR count). The van der Waals surface area contributed by atoms with E-state index in [0.717, 1.165) is 16.6 Å². The number of nitrogens with zero attached hydrogens (tertiary/aromatic N) is 3. The predicted molar refractivity (Wildman–Crippen MR) is 57.2 cm³/mol. The van der Waals surface area contributed by atoms with Crippen molar-refractivity contribution in [3.8, 4) is 0 Å². The fourth-order valence-corrected chi connectivity index (χ4v) is 1.47. The van der Waals surface area contributed by atoms with E-state index >= 15 is 0 Å². The largest absolute Gasteiger partial charge is 0.256 e. The number of halogens is 1. The van der Waals surface area contributed by atoms with Gasteiger partial charge < -0.3 is 0 Å². The van der Waals surface area contributed by atoms with Crippen molar-refractivity contribution in [3.05, 3.63) is 35.5 Å². The lowest BCUT2D eigenvalue weighted by Gasteiger charge is -1.99. The molecule has 0 aliphatic carbocycles. The van der Waals surface area contributed by atoms with Crippen molar-refractivity contribution in [2.75, 3.05) is 7.05 Å². The number of azo groups is 1. The summed E-state index contributed by atoms with van der Waals surface area (Å²) in [5, 5.41) is 9.39. The molecule has 1 heterocycles. The normalized spacial score (nSPS) is 11.3. The second kappa shape index (κ2) is 3.72. The van der Waals surface area contributed by atoms with Crippen molar-refractivity contribution in [1.29, 1.82) is 0 Å². The van der Waals surface area contributed by atoms with Crippen LogP contribution in [0.3, 0.4) is 0 Å². The molecule has 0 fully saturated rings. The second-order valence-electron chi connectivity index (χ2n) is 2.79. The molecule has 0 bridgehead atoms. The lowest BCUT2D eigenvalue weighted by atomic mass is 10.2. The minimum Gasteiger partial charge on any atom is -0.256 e. The van der Waals surface area contributed by atoms with Crippen LogP contribution in [0.2, 0.25) is 5.02 Å². The van der Waals surface area contributed by atoms with E-state index in [-0.39, 0.29) is 0 Å². The van der Waals surface area contributed by atoms with Crippen LogP contribution in [0.4, 0.5) is 5.69 Å². The molecular weight excluding hydrogens is 198 g/mol. The summed E-state index contributed by atoms with van der Waals surface area (Å²) in [7, 11) is 1.64. The lowest BCUT2D eigenvalue weighted by Crippen LogP contribution is -1.78. The van der Waals surface area contributed by atoms with Crippen molar-refractivity contribution < 1.29 is 0 Å². The highest BCUT2D eigenvalue weighted by Gasteiger charge is 2.00. The number of hydrogen-bond donors (Lipinski definition) is 0. The van der Waals surface area contributed by atoms with Gasteiger partial charge in [-0.2, -0.15) is 10.2 Å². The number of hydrogen-bond acceptors (Lipinski definition) is 3. The Balaban J connectivity index is 2.74. The molecule has 0 radical (unpaired) electrons. The maximum Gasteiger partial charge on any atom is 0.0961 e. The van der Waals surface area contributed by atoms with Crippen LogP contribution in [-0.2, 0) is 0 Å². The molecule has 4 heteroatoms. The fourth-order valence-electron chi connectivity index (χ4n) is 1.30. The van der Waals surface area contributed by atoms with Crippen LogP contribution < -0.4 is 0 Å². The quantitative estimate of drug-likeness (QED) is 0.656. The van der Waals surface area contributed by atoms with Gasteiger partial charge in [0.2, 0.25) is 0 Å². The van der Waals surface area contributed by atoms with E-state index in [9.17, 15) is 0 Å². The van der Waals surface area contributed by atoms with Gasteiger partial charge in [-0.1, -0.05) is 11.6 Å². The Hall–Kier alpha value is -1.48. The number of aromatic nitrogens is 1.